The van der Waals surface area contributed by atoms with Crippen molar-refractivity contribution >= 4 is 11.6 Å². The summed E-state index contributed by atoms with van der Waals surface area (Å²) in [5, 5.41) is 0. The molecule has 0 aliphatic carbocycles. The van der Waals surface area contributed by atoms with Gasteiger partial charge in [0, 0.05) is 11.1 Å². The van der Waals surface area contributed by atoms with Crippen LogP contribution < -0.4 is 0 Å². The predicted molar refractivity (Wildman–Crippen MR) is 109 cm³/mol. The number of nitrogens with zero attached hydrogens (tertiary/aromatic N) is 1. The summed E-state index contributed by atoms with van der Waals surface area (Å²) in [6.07, 6.45) is 6.96. The third-order valence-electron chi connectivity index (χ3n) is 3.99. The molecule has 0 aliphatic rings. The van der Waals surface area contributed by atoms with Gasteiger partial charge in [0.1, 0.15) is 0 Å². The second kappa shape index (κ2) is 13.0. The molecule has 140 valence electrons. The van der Waals surface area contributed by atoms with Gasteiger partial charge in [-0.3, -0.25) is 9.59 Å². The predicted octanol–water partition coefficient (Wildman–Crippen LogP) is 5.27. The van der Waals surface area contributed by atoms with Crippen LogP contribution in [0.5, 0.6) is 0 Å². The Morgan fingerprint density at radius 3 is 1.50 bits per heavy atom. The van der Waals surface area contributed by atoms with E-state index in [1.807, 2.05) is 12.1 Å². The molecule has 0 atom stereocenters. The summed E-state index contributed by atoms with van der Waals surface area (Å²) in [6.45, 7) is 3.51. The number of carbonyl (C=O) groups excluding carboxylic acids is 2. The van der Waals surface area contributed by atoms with Gasteiger partial charge in [0.2, 0.25) is 11.6 Å². The lowest BCUT2D eigenvalue weighted by atomic mass is 10.0. The van der Waals surface area contributed by atoms with Crippen molar-refractivity contribution in [3.63, 3.8) is 0 Å². The average Bonchev–Trinajstić information content (AvgIpc) is 2.68. The molecule has 26 heavy (non-hydrogen) atoms. The van der Waals surface area contributed by atoms with Crippen LogP contribution in [0, 0.1) is 0 Å². The third-order valence-corrected chi connectivity index (χ3v) is 3.99. The first kappa shape index (κ1) is 21.8. The topological polar surface area (TPSA) is 37.4 Å². The number of Topliss-reactive ketones (excluding diaryl/α,β-unsaturated/α-hetero) is 2. The van der Waals surface area contributed by atoms with Gasteiger partial charge in [-0.2, -0.15) is 0 Å². The minimum absolute atomic E-state index is 0.427. The third kappa shape index (κ3) is 8.72. The van der Waals surface area contributed by atoms with E-state index < -0.39 is 11.6 Å². The van der Waals surface area contributed by atoms with E-state index in [1.54, 1.807) is 48.5 Å². The Hall–Kier alpha value is -2.26. The van der Waals surface area contributed by atoms with Crippen LogP contribution >= 0.6 is 0 Å². The second-order valence-corrected chi connectivity index (χ2v) is 6.61. The molecule has 0 saturated carbocycles. The van der Waals surface area contributed by atoms with Gasteiger partial charge in [-0.05, 0) is 27.1 Å². The van der Waals surface area contributed by atoms with Crippen LogP contribution in [-0.2, 0) is 0 Å². The van der Waals surface area contributed by atoms with Crippen molar-refractivity contribution in [2.24, 2.45) is 0 Å². The van der Waals surface area contributed by atoms with Gasteiger partial charge >= 0.3 is 0 Å². The molecule has 0 heterocycles. The van der Waals surface area contributed by atoms with Gasteiger partial charge in [0.15, 0.2) is 0 Å². The molecule has 3 nitrogen and oxygen atoms in total. The van der Waals surface area contributed by atoms with Crippen LogP contribution in [0.2, 0.25) is 0 Å². The zero-order chi connectivity index (χ0) is 19.2. The number of carbonyl (C=O) groups is 2. The molecular formula is C23H31NO2. The summed E-state index contributed by atoms with van der Waals surface area (Å²) >= 11 is 0. The average molecular weight is 354 g/mol. The maximum atomic E-state index is 11.8. The van der Waals surface area contributed by atoms with Crippen molar-refractivity contribution in [3.8, 4) is 0 Å². The molecule has 0 bridgehead atoms. The monoisotopic (exact) mass is 353 g/mol. The van der Waals surface area contributed by atoms with Crippen molar-refractivity contribution < 1.29 is 9.59 Å². The number of unbranched alkanes of at least 4 members (excludes halogenated alkanes) is 4. The molecule has 0 unspecified atom stereocenters. The lowest BCUT2D eigenvalue weighted by Crippen LogP contribution is -2.14. The normalized spacial score (nSPS) is 10.2. The summed E-state index contributed by atoms with van der Waals surface area (Å²) in [5.41, 5.74) is 0.854. The highest BCUT2D eigenvalue weighted by Gasteiger charge is 2.16. The Labute approximate surface area is 158 Å². The first-order valence-corrected chi connectivity index (χ1v) is 9.40. The number of hydrogen-bond donors (Lipinski definition) is 0. The summed E-state index contributed by atoms with van der Waals surface area (Å²) in [5.74, 6) is -0.932. The van der Waals surface area contributed by atoms with Gasteiger partial charge in [0.05, 0.1) is 0 Å². The van der Waals surface area contributed by atoms with Gasteiger partial charge in [-0.1, -0.05) is 93.3 Å². The molecule has 0 amide bonds. The van der Waals surface area contributed by atoms with E-state index in [1.165, 1.54) is 38.6 Å². The van der Waals surface area contributed by atoms with E-state index >= 15 is 0 Å². The van der Waals surface area contributed by atoms with E-state index in [2.05, 4.69) is 25.9 Å². The maximum absolute atomic E-state index is 11.8. The zero-order valence-electron chi connectivity index (χ0n) is 16.3. The summed E-state index contributed by atoms with van der Waals surface area (Å²) in [4.78, 5) is 25.8. The lowest BCUT2D eigenvalue weighted by molar-refractivity contribution is 0.0817. The molecule has 0 spiro atoms. The Bertz CT molecular complexity index is 586. The van der Waals surface area contributed by atoms with Crippen LogP contribution in [0.4, 0.5) is 0 Å². The number of benzene rings is 2. The van der Waals surface area contributed by atoms with Crippen LogP contribution in [0.25, 0.3) is 0 Å². The van der Waals surface area contributed by atoms with Crippen LogP contribution in [-0.4, -0.2) is 37.1 Å². The lowest BCUT2D eigenvalue weighted by Gasteiger charge is -2.07. The largest absolute Gasteiger partial charge is 0.309 e. The quantitative estimate of drug-likeness (QED) is 0.350. The number of hydrogen-bond acceptors (Lipinski definition) is 3. The van der Waals surface area contributed by atoms with Crippen LogP contribution in [0.15, 0.2) is 60.7 Å². The minimum Gasteiger partial charge on any atom is -0.309 e. The highest BCUT2D eigenvalue weighted by Crippen LogP contribution is 2.07. The van der Waals surface area contributed by atoms with Crippen LogP contribution in [0.1, 0.15) is 59.7 Å². The molecule has 0 fully saturated rings. The van der Waals surface area contributed by atoms with E-state index in [0.717, 1.165) is 0 Å². The Morgan fingerprint density at radius 1 is 0.692 bits per heavy atom. The van der Waals surface area contributed by atoms with E-state index in [9.17, 15) is 9.59 Å². The molecule has 3 heteroatoms. The molecule has 0 aromatic heterocycles. The van der Waals surface area contributed by atoms with Crippen molar-refractivity contribution in [2.75, 3.05) is 20.6 Å². The Balaban J connectivity index is 0.000000294. The molecule has 0 radical (unpaired) electrons. The SMILES string of the molecule is CCCCCCCN(C)C.O=C(C(=O)c1ccccc1)c1ccccc1. The standard InChI is InChI=1S/C14H10O2.C9H21N/c15-13(11-7-3-1-4-8-11)14(16)12-9-5-2-6-10-12;1-4-5-6-7-8-9-10(2)3/h1-10H;4-9H2,1-3H3. The van der Waals surface area contributed by atoms with Crippen molar-refractivity contribution in [3.05, 3.63) is 71.8 Å². The van der Waals surface area contributed by atoms with E-state index in [-0.39, 0.29) is 0 Å². The highest BCUT2D eigenvalue weighted by atomic mass is 16.2. The molecule has 0 saturated heterocycles. The molecule has 0 aliphatic heterocycles. The molecule has 2 aromatic carbocycles. The van der Waals surface area contributed by atoms with E-state index in [4.69, 9.17) is 0 Å². The molecule has 2 rings (SSSR count). The highest BCUT2D eigenvalue weighted by molar-refractivity contribution is 6.49. The minimum atomic E-state index is -0.466. The summed E-state index contributed by atoms with van der Waals surface area (Å²) in [6, 6.07) is 17.2. The first-order valence-electron chi connectivity index (χ1n) is 9.40. The number of ketones is 2. The fourth-order valence-electron chi connectivity index (χ4n) is 2.47. The van der Waals surface area contributed by atoms with Crippen molar-refractivity contribution in [2.45, 2.75) is 39.0 Å². The molecule has 0 N–H and O–H groups in total. The fraction of sp³-hybridized carbons (Fsp3) is 0.391. The smallest absolute Gasteiger partial charge is 0.233 e. The van der Waals surface area contributed by atoms with Crippen LogP contribution in [0.3, 0.4) is 0 Å². The summed E-state index contributed by atoms with van der Waals surface area (Å²) in [7, 11) is 4.28. The van der Waals surface area contributed by atoms with Gasteiger partial charge in [0.25, 0.3) is 0 Å². The maximum Gasteiger partial charge on any atom is 0.233 e. The van der Waals surface area contributed by atoms with Gasteiger partial charge < -0.3 is 4.90 Å². The van der Waals surface area contributed by atoms with E-state index in [0.29, 0.717) is 11.1 Å². The summed E-state index contributed by atoms with van der Waals surface area (Å²) < 4.78 is 0. The molecular weight excluding hydrogens is 322 g/mol. The fourth-order valence-corrected chi connectivity index (χ4v) is 2.47. The van der Waals surface area contributed by atoms with Crippen molar-refractivity contribution in [1.82, 2.24) is 4.90 Å². The number of rotatable bonds is 9. The van der Waals surface area contributed by atoms with Crippen molar-refractivity contribution in [1.29, 1.82) is 0 Å². The van der Waals surface area contributed by atoms with Gasteiger partial charge in [-0.25, -0.2) is 0 Å². The molecule has 2 aromatic rings. The Morgan fingerprint density at radius 2 is 1.12 bits per heavy atom. The Kier molecular flexibility index (Phi) is 10.9. The van der Waals surface area contributed by atoms with Gasteiger partial charge in [-0.15, -0.1) is 0 Å². The first-order chi connectivity index (χ1) is 12.6. The second-order valence-electron chi connectivity index (χ2n) is 6.61. The zero-order valence-corrected chi connectivity index (χ0v) is 16.3.